The minimum Gasteiger partial charge on any atom is -0.453 e. The maximum absolute atomic E-state index is 13.8. The van der Waals surface area contributed by atoms with Crippen molar-refractivity contribution in [1.82, 2.24) is 40.4 Å². The molecule has 2 aliphatic heterocycles. The van der Waals surface area contributed by atoms with Crippen LogP contribution in [0.15, 0.2) is 60.8 Å². The molecular weight excluding hydrogens is 761 g/mol. The number of likely N-dealkylation sites (tertiary alicyclic amines) is 1. The number of hydrogen-bond donors (Lipinski definition) is 4. The lowest BCUT2D eigenvalue weighted by Crippen LogP contribution is -2.57. The van der Waals surface area contributed by atoms with Crippen LogP contribution >= 0.6 is 0 Å². The number of morpholine rings is 1. The molecule has 17 nitrogen and oxygen atoms in total. The summed E-state index contributed by atoms with van der Waals surface area (Å²) >= 11 is 0. The third-order valence-corrected chi connectivity index (χ3v) is 11.3. The third kappa shape index (κ3) is 8.58. The van der Waals surface area contributed by atoms with Gasteiger partial charge in [-0.1, -0.05) is 30.3 Å². The van der Waals surface area contributed by atoms with E-state index in [1.54, 1.807) is 29.8 Å². The molecule has 2 aromatic heterocycles. The zero-order valence-corrected chi connectivity index (χ0v) is 33.9. The fourth-order valence-electron chi connectivity index (χ4n) is 7.78. The Morgan fingerprint density at radius 1 is 0.746 bits per heavy atom. The van der Waals surface area contributed by atoms with E-state index in [-0.39, 0.29) is 24.5 Å². The molecule has 3 aromatic carbocycles. The zero-order chi connectivity index (χ0) is 41.8. The Morgan fingerprint density at radius 3 is 1.98 bits per heavy atom. The van der Waals surface area contributed by atoms with Gasteiger partial charge in [0.1, 0.15) is 29.8 Å². The van der Waals surface area contributed by atoms with Gasteiger partial charge in [-0.2, -0.15) is 0 Å². The molecular formula is C42H50N8O9. The molecule has 2 aliphatic rings. The number of benzene rings is 3. The second kappa shape index (κ2) is 17.8. The molecule has 0 spiro atoms. The number of rotatable bonds is 12. The molecule has 17 heteroatoms. The van der Waals surface area contributed by atoms with Crippen LogP contribution in [-0.4, -0.2) is 133 Å². The molecule has 2 saturated heterocycles. The number of nitrogens with zero attached hydrogens (tertiary/aromatic N) is 4. The zero-order valence-electron chi connectivity index (χ0n) is 33.9. The number of carbonyl (C=O) groups excluding carboxylic acids is 4. The van der Waals surface area contributed by atoms with Crippen LogP contribution in [0.4, 0.5) is 9.59 Å². The number of alkyl carbamates (subject to hydrolysis) is 2. The number of methoxy groups -OCH3 is 4. The van der Waals surface area contributed by atoms with Crippen LogP contribution in [0.25, 0.3) is 44.2 Å². The molecule has 0 bridgehead atoms. The highest BCUT2D eigenvalue weighted by Crippen LogP contribution is 2.34. The lowest BCUT2D eigenvalue weighted by atomic mass is 9.99. The normalized spacial score (nSPS) is 18.9. The highest BCUT2D eigenvalue weighted by atomic mass is 16.5. The van der Waals surface area contributed by atoms with E-state index in [1.807, 2.05) is 24.3 Å². The summed E-state index contributed by atoms with van der Waals surface area (Å²) < 4.78 is 26.1. The Bertz CT molecular complexity index is 2330. The monoisotopic (exact) mass is 810 g/mol. The quantitative estimate of drug-likeness (QED) is 0.134. The van der Waals surface area contributed by atoms with Crippen molar-refractivity contribution < 1.29 is 42.9 Å². The molecule has 6 atom stereocenters. The number of H-pyrrole nitrogens is 2. The van der Waals surface area contributed by atoms with Gasteiger partial charge in [-0.3, -0.25) is 9.59 Å². The van der Waals surface area contributed by atoms with Gasteiger partial charge >= 0.3 is 12.2 Å². The molecule has 4 amide bonds. The van der Waals surface area contributed by atoms with Gasteiger partial charge in [0.2, 0.25) is 11.8 Å². The molecule has 312 valence electrons. The summed E-state index contributed by atoms with van der Waals surface area (Å²) in [6.45, 7) is 4.87. The standard InChI is InChI=1S/C42H50N8O9/c1-23(55-3)35(47-41(53)57-5)39(51)49-15-7-8-33(49)37-43-21-32(46-37)29-12-11-25-18-26(9-10-27(25)19-29)28-13-14-30-31(20-28)45-38(44-30)34-22-59-17-16-50(34)40(52)36(24(2)56-4)48-42(54)58-6/h9-14,18-21,23-24,33-36H,7-8,15-17,22H2,1-6H3,(H,43,46)(H,44,45)(H,47,53)(H,48,54)/t23-,24-,33+,34+,35?,36?/m1/s1. The van der Waals surface area contributed by atoms with Crippen molar-refractivity contribution in [2.75, 3.05) is 54.7 Å². The van der Waals surface area contributed by atoms with Gasteiger partial charge in [0.05, 0.1) is 68.6 Å². The topological polar surface area (TPSA) is 202 Å². The molecule has 5 aromatic rings. The van der Waals surface area contributed by atoms with Gasteiger partial charge in [0, 0.05) is 32.9 Å². The second-order valence-corrected chi connectivity index (χ2v) is 14.7. The number of aromatic amines is 2. The number of hydrogen-bond acceptors (Lipinski definition) is 11. The number of aromatic nitrogens is 4. The summed E-state index contributed by atoms with van der Waals surface area (Å²) in [4.78, 5) is 71.4. The molecule has 2 unspecified atom stereocenters. The van der Waals surface area contributed by atoms with Gasteiger partial charge in [0.25, 0.3) is 0 Å². The number of nitrogens with one attached hydrogen (secondary N) is 4. The van der Waals surface area contributed by atoms with Crippen molar-refractivity contribution in [3.05, 3.63) is 72.4 Å². The summed E-state index contributed by atoms with van der Waals surface area (Å²) in [6.07, 6.45) is 0.721. The number of imidazole rings is 2. The van der Waals surface area contributed by atoms with E-state index >= 15 is 0 Å². The number of ether oxygens (including phenoxy) is 5. The Balaban J connectivity index is 1.08. The summed E-state index contributed by atoms with van der Waals surface area (Å²) in [7, 11) is 5.48. The van der Waals surface area contributed by atoms with Gasteiger partial charge in [-0.05, 0) is 72.9 Å². The molecule has 2 fully saturated rings. The maximum Gasteiger partial charge on any atom is 0.407 e. The Hall–Kier alpha value is -6.04. The molecule has 0 saturated carbocycles. The number of carbonyl (C=O) groups is 4. The van der Waals surface area contributed by atoms with Crippen LogP contribution in [0, 0.1) is 0 Å². The van der Waals surface area contributed by atoms with Gasteiger partial charge in [-0.15, -0.1) is 0 Å². The van der Waals surface area contributed by atoms with Crippen molar-refractivity contribution in [2.24, 2.45) is 0 Å². The summed E-state index contributed by atoms with van der Waals surface area (Å²) in [5, 5.41) is 7.33. The lowest BCUT2D eigenvalue weighted by molar-refractivity contribution is -0.146. The van der Waals surface area contributed by atoms with Crippen molar-refractivity contribution >= 4 is 45.8 Å². The third-order valence-electron chi connectivity index (χ3n) is 11.3. The Labute approximate surface area is 341 Å². The summed E-state index contributed by atoms with van der Waals surface area (Å²) in [6, 6.07) is 15.9. The van der Waals surface area contributed by atoms with Crippen molar-refractivity contribution in [3.8, 4) is 22.4 Å². The van der Waals surface area contributed by atoms with Crippen molar-refractivity contribution in [1.29, 1.82) is 0 Å². The van der Waals surface area contributed by atoms with E-state index in [4.69, 9.17) is 33.7 Å². The average Bonchev–Trinajstić information content (AvgIpc) is 4.06. The van der Waals surface area contributed by atoms with Gasteiger partial charge in [0.15, 0.2) is 0 Å². The van der Waals surface area contributed by atoms with Crippen molar-refractivity contribution in [2.45, 2.75) is 63.1 Å². The van der Waals surface area contributed by atoms with E-state index < -0.39 is 42.5 Å². The lowest BCUT2D eigenvalue weighted by Gasteiger charge is -2.37. The van der Waals surface area contributed by atoms with Crippen LogP contribution in [0.3, 0.4) is 0 Å². The second-order valence-electron chi connectivity index (χ2n) is 14.7. The Kier molecular flexibility index (Phi) is 12.4. The van der Waals surface area contributed by atoms with E-state index in [9.17, 15) is 19.2 Å². The first kappa shape index (κ1) is 41.1. The molecule has 0 radical (unpaired) electrons. The first-order valence-corrected chi connectivity index (χ1v) is 19.6. The predicted molar refractivity (Wildman–Crippen MR) is 217 cm³/mol. The number of amides is 4. The fraction of sp³-hybridized carbons (Fsp3) is 0.429. The molecule has 0 aliphatic carbocycles. The van der Waals surface area contributed by atoms with Crippen LogP contribution in [0.1, 0.15) is 50.4 Å². The molecule has 7 rings (SSSR count). The minimum absolute atomic E-state index is 0.237. The van der Waals surface area contributed by atoms with Crippen LogP contribution < -0.4 is 10.6 Å². The summed E-state index contributed by atoms with van der Waals surface area (Å²) in [5.41, 5.74) is 5.33. The molecule has 59 heavy (non-hydrogen) atoms. The van der Waals surface area contributed by atoms with E-state index in [0.29, 0.717) is 31.3 Å². The van der Waals surface area contributed by atoms with Crippen LogP contribution in [-0.2, 0) is 33.3 Å². The van der Waals surface area contributed by atoms with Crippen LogP contribution in [0.2, 0.25) is 0 Å². The molecule has 4 heterocycles. The van der Waals surface area contributed by atoms with Gasteiger partial charge in [-0.25, -0.2) is 19.6 Å². The van der Waals surface area contributed by atoms with E-state index in [0.717, 1.165) is 57.0 Å². The first-order valence-electron chi connectivity index (χ1n) is 19.6. The summed E-state index contributed by atoms with van der Waals surface area (Å²) in [5.74, 6) is 0.675. The van der Waals surface area contributed by atoms with E-state index in [1.165, 1.54) is 28.4 Å². The molecule has 4 N–H and O–H groups in total. The number of fused-ring (bicyclic) bond motifs is 2. The Morgan fingerprint density at radius 2 is 1.34 bits per heavy atom. The average molecular weight is 811 g/mol. The largest absolute Gasteiger partial charge is 0.453 e. The highest BCUT2D eigenvalue weighted by molar-refractivity contribution is 5.92. The van der Waals surface area contributed by atoms with Crippen molar-refractivity contribution in [3.63, 3.8) is 0 Å². The predicted octanol–water partition coefficient (Wildman–Crippen LogP) is 4.86. The minimum atomic E-state index is -0.965. The van der Waals surface area contributed by atoms with E-state index in [2.05, 4.69) is 50.9 Å². The SMILES string of the molecule is COC(=O)NC(C(=O)N1CCC[C@H]1c1ncc(-c2ccc3cc(-c4ccc5nc([C@@H]6COCCN6C(=O)C(NC(=O)OC)[C@@H](C)OC)[nH]c5c4)ccc3c2)[nH]1)[C@@H](C)OC. The first-order chi connectivity index (χ1) is 28.5. The maximum atomic E-state index is 13.8. The fourth-order valence-corrected chi connectivity index (χ4v) is 7.78. The van der Waals surface area contributed by atoms with Gasteiger partial charge < -0.3 is 54.1 Å². The highest BCUT2D eigenvalue weighted by Gasteiger charge is 2.40. The smallest absolute Gasteiger partial charge is 0.407 e. The van der Waals surface area contributed by atoms with Crippen LogP contribution in [0.5, 0.6) is 0 Å².